The van der Waals surface area contributed by atoms with Gasteiger partial charge in [-0.15, -0.1) is 0 Å². The van der Waals surface area contributed by atoms with Gasteiger partial charge in [-0.2, -0.15) is 0 Å². The van der Waals surface area contributed by atoms with Gasteiger partial charge >= 0.3 is 0 Å². The first-order valence-corrected chi connectivity index (χ1v) is 8.37. The Morgan fingerprint density at radius 3 is 2.52 bits per heavy atom. The van der Waals surface area contributed by atoms with Crippen LogP contribution < -0.4 is 5.73 Å². The van der Waals surface area contributed by atoms with Crippen molar-refractivity contribution in [2.45, 2.75) is 6.42 Å². The normalized spacial score (nSPS) is 13.5. The molecule has 2 N–H and O–H groups in total. The third-order valence-corrected chi connectivity index (χ3v) is 4.73. The smallest absolute Gasteiger partial charge is 0.255 e. The summed E-state index contributed by atoms with van der Waals surface area (Å²) in [6, 6.07) is 16.1. The van der Waals surface area contributed by atoms with Gasteiger partial charge in [-0.25, -0.2) is 4.98 Å². The Bertz CT molecular complexity index is 989. The summed E-state index contributed by atoms with van der Waals surface area (Å²) in [5, 5.41) is 2.31. The van der Waals surface area contributed by atoms with Crippen LogP contribution in [0.3, 0.4) is 0 Å². The second-order valence-electron chi connectivity index (χ2n) is 6.34. The van der Waals surface area contributed by atoms with Gasteiger partial charge in [-0.05, 0) is 40.5 Å². The monoisotopic (exact) mass is 329 g/mol. The van der Waals surface area contributed by atoms with Gasteiger partial charge in [-0.1, -0.05) is 43.0 Å². The zero-order valence-electron chi connectivity index (χ0n) is 13.9. The molecule has 4 heteroatoms. The molecule has 1 aliphatic heterocycles. The van der Waals surface area contributed by atoms with E-state index in [1.165, 1.54) is 5.39 Å². The van der Waals surface area contributed by atoms with E-state index in [1.54, 1.807) is 12.3 Å². The Morgan fingerprint density at radius 2 is 1.80 bits per heavy atom. The van der Waals surface area contributed by atoms with Gasteiger partial charge < -0.3 is 10.6 Å². The molecule has 2 heterocycles. The topological polar surface area (TPSA) is 59.2 Å². The molecule has 0 saturated carbocycles. The maximum absolute atomic E-state index is 12.4. The summed E-state index contributed by atoms with van der Waals surface area (Å²) in [5.74, 6) is 0.393. The van der Waals surface area contributed by atoms with Gasteiger partial charge in [0.15, 0.2) is 0 Å². The van der Waals surface area contributed by atoms with Crippen molar-refractivity contribution in [3.05, 3.63) is 78.0 Å². The molecule has 3 aromatic rings. The lowest BCUT2D eigenvalue weighted by atomic mass is 9.96. The van der Waals surface area contributed by atoms with E-state index in [0.717, 1.165) is 36.0 Å². The molecule has 1 aliphatic rings. The van der Waals surface area contributed by atoms with Crippen LogP contribution >= 0.6 is 0 Å². The molecule has 0 bridgehead atoms. The number of anilines is 1. The number of pyridine rings is 1. The Hall–Kier alpha value is -3.14. The van der Waals surface area contributed by atoms with Gasteiger partial charge in [0.25, 0.3) is 5.91 Å². The number of nitrogen functional groups attached to an aromatic ring is 1. The zero-order chi connectivity index (χ0) is 17.4. The SMILES string of the molecule is C=C(c1ccc2ccccc2c1)c1cc(C(=O)N2CCC2)cnc1N. The minimum Gasteiger partial charge on any atom is -0.383 e. The highest BCUT2D eigenvalue weighted by Crippen LogP contribution is 2.29. The highest BCUT2D eigenvalue weighted by Gasteiger charge is 2.23. The van der Waals surface area contributed by atoms with E-state index in [2.05, 4.69) is 35.8 Å². The van der Waals surface area contributed by atoms with Crippen LogP contribution in [0.2, 0.25) is 0 Å². The number of nitrogens with two attached hydrogens (primary N) is 1. The van der Waals surface area contributed by atoms with E-state index in [1.807, 2.05) is 23.1 Å². The predicted molar refractivity (Wildman–Crippen MR) is 101 cm³/mol. The number of nitrogens with zero attached hydrogens (tertiary/aromatic N) is 2. The van der Waals surface area contributed by atoms with Crippen LogP contribution in [0.5, 0.6) is 0 Å². The summed E-state index contributed by atoms with van der Waals surface area (Å²) in [5.41, 5.74) is 9.08. The van der Waals surface area contributed by atoms with Crippen molar-refractivity contribution in [2.24, 2.45) is 0 Å². The number of benzene rings is 2. The molecule has 0 aliphatic carbocycles. The number of likely N-dealkylation sites (tertiary alicyclic amines) is 1. The van der Waals surface area contributed by atoms with Gasteiger partial charge in [-0.3, -0.25) is 4.79 Å². The maximum Gasteiger partial charge on any atom is 0.255 e. The second-order valence-corrected chi connectivity index (χ2v) is 6.34. The average Bonchev–Trinajstić information content (AvgIpc) is 2.59. The summed E-state index contributed by atoms with van der Waals surface area (Å²) in [6.45, 7) is 5.82. The van der Waals surface area contributed by atoms with Gasteiger partial charge in [0.05, 0.1) is 5.56 Å². The highest BCUT2D eigenvalue weighted by atomic mass is 16.2. The fourth-order valence-electron chi connectivity index (χ4n) is 3.07. The first-order valence-electron chi connectivity index (χ1n) is 8.37. The van der Waals surface area contributed by atoms with E-state index >= 15 is 0 Å². The number of hydrogen-bond donors (Lipinski definition) is 1. The summed E-state index contributed by atoms with van der Waals surface area (Å²) in [4.78, 5) is 18.5. The molecule has 0 spiro atoms. The number of hydrogen-bond acceptors (Lipinski definition) is 3. The van der Waals surface area contributed by atoms with Crippen molar-refractivity contribution in [3.8, 4) is 0 Å². The van der Waals surface area contributed by atoms with Crippen LogP contribution in [0.1, 0.15) is 27.9 Å². The molecular weight excluding hydrogens is 310 g/mol. The van der Waals surface area contributed by atoms with Crippen LogP contribution in [0.25, 0.3) is 16.3 Å². The van der Waals surface area contributed by atoms with Crippen LogP contribution in [0.4, 0.5) is 5.82 Å². The first-order chi connectivity index (χ1) is 12.1. The van der Waals surface area contributed by atoms with Crippen molar-refractivity contribution in [1.82, 2.24) is 9.88 Å². The molecule has 1 fully saturated rings. The quantitative estimate of drug-likeness (QED) is 0.796. The Labute approximate surface area is 146 Å². The molecule has 0 radical (unpaired) electrons. The lowest BCUT2D eigenvalue weighted by Gasteiger charge is -2.31. The zero-order valence-corrected chi connectivity index (χ0v) is 13.9. The summed E-state index contributed by atoms with van der Waals surface area (Å²) in [6.07, 6.45) is 2.61. The van der Waals surface area contributed by atoms with E-state index in [-0.39, 0.29) is 5.91 Å². The minimum absolute atomic E-state index is 0.00584. The number of carbonyl (C=O) groups is 1. The summed E-state index contributed by atoms with van der Waals surface area (Å²) in [7, 11) is 0. The standard InChI is InChI=1S/C21H19N3O/c1-14(16-8-7-15-5-2-3-6-17(15)11-16)19-12-18(13-23-20(19)22)21(25)24-9-4-10-24/h2-3,5-8,11-13H,1,4,9-10H2,(H2,22,23). The van der Waals surface area contributed by atoms with Gasteiger partial charge in [0.2, 0.25) is 0 Å². The molecule has 1 saturated heterocycles. The fourth-order valence-corrected chi connectivity index (χ4v) is 3.07. The lowest BCUT2D eigenvalue weighted by Crippen LogP contribution is -2.42. The maximum atomic E-state index is 12.4. The van der Waals surface area contributed by atoms with Crippen LogP contribution in [-0.2, 0) is 0 Å². The molecule has 1 aromatic heterocycles. The Morgan fingerprint density at radius 1 is 1.04 bits per heavy atom. The van der Waals surface area contributed by atoms with E-state index < -0.39 is 0 Å². The van der Waals surface area contributed by atoms with Gasteiger partial charge in [0.1, 0.15) is 5.82 Å². The van der Waals surface area contributed by atoms with Crippen LogP contribution in [0, 0.1) is 0 Å². The molecule has 0 unspecified atom stereocenters. The Balaban J connectivity index is 1.71. The molecule has 4 rings (SSSR count). The lowest BCUT2D eigenvalue weighted by molar-refractivity contribution is 0.0651. The third kappa shape index (κ3) is 2.76. The second kappa shape index (κ2) is 6.06. The molecular formula is C21H19N3O. The number of carbonyl (C=O) groups excluding carboxylic acids is 1. The minimum atomic E-state index is 0.00584. The fraction of sp³-hybridized carbons (Fsp3) is 0.143. The largest absolute Gasteiger partial charge is 0.383 e. The molecule has 0 atom stereocenters. The molecule has 124 valence electrons. The van der Waals surface area contributed by atoms with Crippen molar-refractivity contribution in [2.75, 3.05) is 18.8 Å². The van der Waals surface area contributed by atoms with Gasteiger partial charge in [0, 0.05) is 24.8 Å². The van der Waals surface area contributed by atoms with E-state index in [0.29, 0.717) is 16.9 Å². The van der Waals surface area contributed by atoms with E-state index in [9.17, 15) is 4.79 Å². The predicted octanol–water partition coefficient (Wildman–Crippen LogP) is 3.72. The molecule has 25 heavy (non-hydrogen) atoms. The van der Waals surface area contributed by atoms with Crippen LogP contribution in [-0.4, -0.2) is 28.9 Å². The first kappa shape index (κ1) is 15.4. The van der Waals surface area contributed by atoms with Crippen molar-refractivity contribution in [1.29, 1.82) is 0 Å². The average molecular weight is 329 g/mol. The van der Waals surface area contributed by atoms with Crippen LogP contribution in [0.15, 0.2) is 61.3 Å². The Kier molecular flexibility index (Phi) is 3.73. The number of fused-ring (bicyclic) bond motifs is 1. The summed E-state index contributed by atoms with van der Waals surface area (Å²) >= 11 is 0. The molecule has 1 amide bonds. The summed E-state index contributed by atoms with van der Waals surface area (Å²) < 4.78 is 0. The van der Waals surface area contributed by atoms with Crippen molar-refractivity contribution in [3.63, 3.8) is 0 Å². The van der Waals surface area contributed by atoms with Crippen molar-refractivity contribution < 1.29 is 4.79 Å². The number of aromatic nitrogens is 1. The molecule has 2 aromatic carbocycles. The van der Waals surface area contributed by atoms with E-state index in [4.69, 9.17) is 5.73 Å². The van der Waals surface area contributed by atoms with Crippen molar-refractivity contribution >= 4 is 28.1 Å². The third-order valence-electron chi connectivity index (χ3n) is 4.73. The number of rotatable bonds is 3. The molecule has 4 nitrogen and oxygen atoms in total. The highest BCUT2D eigenvalue weighted by molar-refractivity contribution is 5.97. The number of amides is 1.